The maximum Gasteiger partial charge on any atom is 0.387 e. The van der Waals surface area contributed by atoms with Gasteiger partial charge in [-0.2, -0.15) is 8.78 Å². The number of hydrogen-bond acceptors (Lipinski definition) is 3. The van der Waals surface area contributed by atoms with Gasteiger partial charge in [0.05, 0.1) is 12.1 Å². The molecule has 3 rings (SSSR count). The average molecular weight is 351 g/mol. The van der Waals surface area contributed by atoms with Gasteiger partial charge in [0.2, 0.25) is 0 Å². The number of ether oxygens (including phenoxy) is 2. The average Bonchev–Trinajstić information content (AvgIpc) is 2.86. The summed E-state index contributed by atoms with van der Waals surface area (Å²) < 4.78 is 34.4. The highest BCUT2D eigenvalue weighted by Gasteiger charge is 2.24. The first-order valence-electron chi connectivity index (χ1n) is 7.15. The fraction of sp³-hybridized carbons (Fsp3) is 0.167. The number of rotatable bonds is 4. The summed E-state index contributed by atoms with van der Waals surface area (Å²) in [5.74, 6) is -0.191. The smallest absolute Gasteiger partial charge is 0.387 e. The summed E-state index contributed by atoms with van der Waals surface area (Å²) >= 11 is 6.02. The van der Waals surface area contributed by atoms with Crippen molar-refractivity contribution in [3.63, 3.8) is 0 Å². The Morgan fingerprint density at radius 3 is 2.67 bits per heavy atom. The molecule has 0 fully saturated rings. The van der Waals surface area contributed by atoms with Crippen molar-refractivity contribution in [2.24, 2.45) is 0 Å². The Balaban J connectivity index is 1.97. The number of benzene rings is 2. The van der Waals surface area contributed by atoms with E-state index in [2.05, 4.69) is 4.74 Å². The second-order valence-corrected chi connectivity index (χ2v) is 5.65. The largest absolute Gasteiger partial charge is 0.493 e. The Labute approximate surface area is 142 Å². The van der Waals surface area contributed by atoms with Crippen LogP contribution in [-0.2, 0) is 6.42 Å². The Bertz CT molecular complexity index is 831. The molecule has 0 saturated carbocycles. The quantitative estimate of drug-likeness (QED) is 0.745. The van der Waals surface area contributed by atoms with Gasteiger partial charge in [-0.1, -0.05) is 35.9 Å². The minimum absolute atomic E-state index is 0.00976. The molecular weight excluding hydrogens is 338 g/mol. The number of alkyl halides is 2. The van der Waals surface area contributed by atoms with Crippen molar-refractivity contribution in [3.8, 4) is 11.5 Å². The number of fused-ring (bicyclic) bond motifs is 1. The second kappa shape index (κ2) is 6.61. The summed E-state index contributed by atoms with van der Waals surface area (Å²) in [6.07, 6.45) is 2.20. The summed E-state index contributed by atoms with van der Waals surface area (Å²) in [5.41, 5.74) is 2.83. The van der Waals surface area contributed by atoms with Crippen LogP contribution in [0.25, 0.3) is 6.08 Å². The Kier molecular flexibility index (Phi) is 4.53. The number of Topliss-reactive ketones (excluding diaryl/α,β-unsaturated/α-hetero) is 1. The first-order valence-corrected chi connectivity index (χ1v) is 7.53. The van der Waals surface area contributed by atoms with E-state index in [1.807, 2.05) is 18.2 Å². The van der Waals surface area contributed by atoms with E-state index in [4.69, 9.17) is 16.3 Å². The van der Waals surface area contributed by atoms with Crippen LogP contribution in [-0.4, -0.2) is 19.5 Å². The zero-order valence-corrected chi connectivity index (χ0v) is 13.4. The lowest BCUT2D eigenvalue weighted by molar-refractivity contribution is -0.0511. The van der Waals surface area contributed by atoms with Crippen LogP contribution in [0.15, 0.2) is 42.0 Å². The zero-order valence-electron chi connectivity index (χ0n) is 12.7. The van der Waals surface area contributed by atoms with Gasteiger partial charge in [-0.15, -0.1) is 0 Å². The fourth-order valence-corrected chi connectivity index (χ4v) is 2.96. The molecule has 0 amide bonds. The molecule has 6 heteroatoms. The number of halogens is 3. The van der Waals surface area contributed by atoms with E-state index >= 15 is 0 Å². The highest BCUT2D eigenvalue weighted by Crippen LogP contribution is 2.38. The molecule has 0 aliphatic heterocycles. The summed E-state index contributed by atoms with van der Waals surface area (Å²) in [6.45, 7) is -3.01. The summed E-state index contributed by atoms with van der Waals surface area (Å²) in [5, 5.41) is -0.00976. The molecule has 124 valence electrons. The Morgan fingerprint density at radius 2 is 2.00 bits per heavy atom. The van der Waals surface area contributed by atoms with Gasteiger partial charge in [-0.05, 0) is 29.3 Å². The van der Waals surface area contributed by atoms with E-state index in [-0.39, 0.29) is 22.3 Å². The number of allylic oxidation sites excluding steroid dienone is 1. The molecule has 0 unspecified atom stereocenters. The van der Waals surface area contributed by atoms with Crippen LogP contribution in [0, 0.1) is 0 Å². The molecular formula is C18H13ClF2O3. The van der Waals surface area contributed by atoms with Crippen LogP contribution in [0.1, 0.15) is 21.5 Å². The number of hydrogen-bond donors (Lipinski definition) is 0. The van der Waals surface area contributed by atoms with E-state index in [0.717, 1.165) is 5.56 Å². The van der Waals surface area contributed by atoms with Crippen molar-refractivity contribution in [1.82, 2.24) is 0 Å². The van der Waals surface area contributed by atoms with Crippen LogP contribution >= 0.6 is 11.6 Å². The number of carbonyl (C=O) groups is 1. The lowest BCUT2D eigenvalue weighted by Gasteiger charge is -2.12. The van der Waals surface area contributed by atoms with Crippen molar-refractivity contribution >= 4 is 23.5 Å². The monoisotopic (exact) mass is 350 g/mol. The molecule has 1 aliphatic carbocycles. The first kappa shape index (κ1) is 16.5. The maximum absolute atomic E-state index is 12.5. The van der Waals surface area contributed by atoms with Crippen LogP contribution < -0.4 is 9.47 Å². The van der Waals surface area contributed by atoms with Crippen LogP contribution in [0.2, 0.25) is 5.02 Å². The number of methoxy groups -OCH3 is 1. The molecule has 24 heavy (non-hydrogen) atoms. The molecule has 0 spiro atoms. The first-order chi connectivity index (χ1) is 11.5. The molecule has 0 heterocycles. The van der Waals surface area contributed by atoms with Gasteiger partial charge in [0.1, 0.15) is 0 Å². The lowest BCUT2D eigenvalue weighted by atomic mass is 10.1. The molecule has 1 aliphatic rings. The van der Waals surface area contributed by atoms with Crippen LogP contribution in [0.5, 0.6) is 11.5 Å². The zero-order chi connectivity index (χ0) is 17.3. The highest BCUT2D eigenvalue weighted by atomic mass is 35.5. The Morgan fingerprint density at radius 1 is 1.25 bits per heavy atom. The van der Waals surface area contributed by atoms with Gasteiger partial charge >= 0.3 is 6.61 Å². The van der Waals surface area contributed by atoms with Gasteiger partial charge in [0.25, 0.3) is 0 Å². The third kappa shape index (κ3) is 3.12. The fourth-order valence-electron chi connectivity index (χ4n) is 2.70. The molecule has 0 atom stereocenters. The van der Waals surface area contributed by atoms with Gasteiger partial charge in [0.15, 0.2) is 17.3 Å². The van der Waals surface area contributed by atoms with E-state index in [1.54, 1.807) is 12.1 Å². The highest BCUT2D eigenvalue weighted by molar-refractivity contribution is 6.32. The van der Waals surface area contributed by atoms with E-state index in [9.17, 15) is 13.6 Å². The van der Waals surface area contributed by atoms with Gasteiger partial charge in [-0.25, -0.2) is 0 Å². The Hall–Kier alpha value is -2.40. The molecule has 0 saturated heterocycles. The van der Waals surface area contributed by atoms with Crippen LogP contribution in [0.4, 0.5) is 8.78 Å². The van der Waals surface area contributed by atoms with Gasteiger partial charge in [0, 0.05) is 17.6 Å². The molecule has 0 N–H and O–H groups in total. The van der Waals surface area contributed by atoms with E-state index in [1.165, 1.54) is 19.2 Å². The van der Waals surface area contributed by atoms with E-state index < -0.39 is 6.61 Å². The third-order valence-electron chi connectivity index (χ3n) is 3.73. The van der Waals surface area contributed by atoms with Gasteiger partial charge < -0.3 is 9.47 Å². The van der Waals surface area contributed by atoms with Crippen molar-refractivity contribution in [1.29, 1.82) is 0 Å². The minimum Gasteiger partial charge on any atom is -0.493 e. The lowest BCUT2D eigenvalue weighted by Crippen LogP contribution is -2.04. The molecule has 3 nitrogen and oxygen atoms in total. The van der Waals surface area contributed by atoms with E-state index in [0.29, 0.717) is 23.1 Å². The van der Waals surface area contributed by atoms with Crippen molar-refractivity contribution < 1.29 is 23.0 Å². The summed E-state index contributed by atoms with van der Waals surface area (Å²) in [6, 6.07) is 10.4. The molecule has 0 bridgehead atoms. The molecule has 2 aromatic carbocycles. The number of ketones is 1. The topological polar surface area (TPSA) is 35.5 Å². The summed E-state index contributed by atoms with van der Waals surface area (Å²) in [7, 11) is 1.33. The minimum atomic E-state index is -3.01. The predicted molar refractivity (Wildman–Crippen MR) is 87.1 cm³/mol. The SMILES string of the molecule is COc1cc(C=C2Cc3ccccc3C2=O)cc(Cl)c1OC(F)F. The molecule has 0 radical (unpaired) electrons. The molecule has 2 aromatic rings. The second-order valence-electron chi connectivity index (χ2n) is 5.25. The predicted octanol–water partition coefficient (Wildman–Crippen LogP) is 4.77. The van der Waals surface area contributed by atoms with Crippen LogP contribution in [0.3, 0.4) is 0 Å². The standard InChI is InChI=1S/C18H13ClF2O3/c1-23-15-8-10(7-14(19)17(15)24-18(20)21)6-12-9-11-4-2-3-5-13(11)16(12)22/h2-8,18H,9H2,1H3. The molecule has 0 aromatic heterocycles. The number of carbonyl (C=O) groups excluding carboxylic acids is 1. The summed E-state index contributed by atoms with van der Waals surface area (Å²) in [4.78, 5) is 12.4. The van der Waals surface area contributed by atoms with Crippen molar-refractivity contribution in [2.75, 3.05) is 7.11 Å². The third-order valence-corrected chi connectivity index (χ3v) is 4.01. The van der Waals surface area contributed by atoms with Crippen molar-refractivity contribution in [3.05, 3.63) is 63.7 Å². The van der Waals surface area contributed by atoms with Gasteiger partial charge in [-0.3, -0.25) is 4.79 Å². The normalized spacial score (nSPS) is 15.0. The maximum atomic E-state index is 12.5. The van der Waals surface area contributed by atoms with Crippen molar-refractivity contribution in [2.45, 2.75) is 13.0 Å².